The molecule has 2 amide bonds. The van der Waals surface area contributed by atoms with Crippen molar-refractivity contribution in [2.45, 2.75) is 19.2 Å². The van der Waals surface area contributed by atoms with Crippen LogP contribution in [0.1, 0.15) is 6.92 Å². The fourth-order valence-electron chi connectivity index (χ4n) is 1.84. The van der Waals surface area contributed by atoms with Gasteiger partial charge in [0.1, 0.15) is 6.04 Å². The molecular weight excluding hydrogens is 272 g/mol. The van der Waals surface area contributed by atoms with Crippen LogP contribution in [0.2, 0.25) is 0 Å². The summed E-state index contributed by atoms with van der Waals surface area (Å²) in [6.45, 7) is 2.55. The third-order valence-corrected chi connectivity index (χ3v) is 3.66. The lowest BCUT2D eigenvalue weighted by molar-refractivity contribution is 0.0633. The van der Waals surface area contributed by atoms with Gasteiger partial charge in [0.2, 0.25) is 5.13 Å². The summed E-state index contributed by atoms with van der Waals surface area (Å²) in [5, 5.41) is 18.6. The van der Waals surface area contributed by atoms with E-state index in [1.54, 1.807) is 7.05 Å². The smallest absolute Gasteiger partial charge is 0.328 e. The molecule has 9 heteroatoms. The molecule has 2 heterocycles. The summed E-state index contributed by atoms with van der Waals surface area (Å²) in [7, 11) is 3.13. The summed E-state index contributed by atoms with van der Waals surface area (Å²) in [6, 6.07) is -0.773. The van der Waals surface area contributed by atoms with E-state index >= 15 is 0 Å². The average Bonchev–Trinajstić information content (AvgIpc) is 2.90. The second-order valence-electron chi connectivity index (χ2n) is 3.98. The first-order chi connectivity index (χ1) is 9.10. The molecule has 19 heavy (non-hydrogen) atoms. The minimum atomic E-state index is -1.01. The van der Waals surface area contributed by atoms with Crippen molar-refractivity contribution in [3.8, 4) is 5.19 Å². The fourth-order valence-corrected chi connectivity index (χ4v) is 2.62. The molecule has 1 aliphatic rings. The number of aromatic nitrogens is 2. The number of rotatable bonds is 5. The first-order valence-electron chi connectivity index (χ1n) is 5.79. The fraction of sp³-hybridized carbons (Fsp3) is 0.700. The van der Waals surface area contributed by atoms with Gasteiger partial charge in [-0.3, -0.25) is 0 Å². The van der Waals surface area contributed by atoms with Crippen LogP contribution in [-0.2, 0) is 4.74 Å². The van der Waals surface area contributed by atoms with Gasteiger partial charge in [0.05, 0.1) is 13.2 Å². The number of nitrogens with zero attached hydrogens (tertiary/aromatic N) is 4. The highest BCUT2D eigenvalue weighted by Gasteiger charge is 2.45. The lowest BCUT2D eigenvalue weighted by Gasteiger charge is -2.19. The van der Waals surface area contributed by atoms with Crippen LogP contribution >= 0.6 is 11.3 Å². The number of hydrogen-bond donors (Lipinski definition) is 1. The molecule has 1 aromatic heterocycles. The maximum Gasteiger partial charge on any atom is 0.328 e. The first kappa shape index (κ1) is 14.0. The van der Waals surface area contributed by atoms with Crippen molar-refractivity contribution in [1.82, 2.24) is 15.1 Å². The summed E-state index contributed by atoms with van der Waals surface area (Å²) < 4.78 is 10.2. The van der Waals surface area contributed by atoms with E-state index in [2.05, 4.69) is 10.2 Å². The second-order valence-corrected chi connectivity index (χ2v) is 4.90. The normalized spacial score (nSPS) is 23.3. The highest BCUT2D eigenvalue weighted by Crippen LogP contribution is 2.32. The highest BCUT2D eigenvalue weighted by molar-refractivity contribution is 7.17. The Morgan fingerprint density at radius 2 is 2.21 bits per heavy atom. The van der Waals surface area contributed by atoms with Gasteiger partial charge in [-0.1, -0.05) is 5.10 Å². The van der Waals surface area contributed by atoms with Crippen LogP contribution in [0.5, 0.6) is 5.19 Å². The van der Waals surface area contributed by atoms with E-state index in [9.17, 15) is 9.90 Å². The number of methoxy groups -OCH3 is 1. The lowest BCUT2D eigenvalue weighted by Crippen LogP contribution is -2.39. The number of aliphatic hydroxyl groups excluding tert-OH is 1. The van der Waals surface area contributed by atoms with Gasteiger partial charge in [-0.05, 0) is 18.3 Å². The minimum absolute atomic E-state index is 0.247. The Hall–Kier alpha value is -1.45. The van der Waals surface area contributed by atoms with Crippen LogP contribution in [0, 0.1) is 0 Å². The number of likely N-dealkylation sites (N-methyl/N-ethyl adjacent to an activating group) is 1. The van der Waals surface area contributed by atoms with Crippen LogP contribution in [0.3, 0.4) is 0 Å². The van der Waals surface area contributed by atoms with Crippen molar-refractivity contribution in [2.24, 2.45) is 0 Å². The molecule has 1 fully saturated rings. The molecule has 2 rings (SSSR count). The van der Waals surface area contributed by atoms with Crippen molar-refractivity contribution >= 4 is 22.5 Å². The Labute approximate surface area is 114 Å². The van der Waals surface area contributed by atoms with Gasteiger partial charge in [0.15, 0.2) is 6.23 Å². The minimum Gasteiger partial charge on any atom is -0.469 e. The summed E-state index contributed by atoms with van der Waals surface area (Å²) in [6.07, 6.45) is -1.01. The first-order valence-corrected chi connectivity index (χ1v) is 6.61. The van der Waals surface area contributed by atoms with E-state index < -0.39 is 12.3 Å². The summed E-state index contributed by atoms with van der Waals surface area (Å²) >= 11 is 1.12. The quantitative estimate of drug-likeness (QED) is 0.829. The largest absolute Gasteiger partial charge is 0.469 e. The molecule has 0 radical (unpaired) electrons. The van der Waals surface area contributed by atoms with Gasteiger partial charge >= 0.3 is 6.03 Å². The molecule has 0 bridgehead atoms. The molecule has 0 aromatic carbocycles. The van der Waals surface area contributed by atoms with Gasteiger partial charge in [0.25, 0.3) is 5.19 Å². The monoisotopic (exact) mass is 288 g/mol. The molecule has 1 saturated heterocycles. The van der Waals surface area contributed by atoms with Crippen molar-refractivity contribution in [3.05, 3.63) is 0 Å². The average molecular weight is 288 g/mol. The van der Waals surface area contributed by atoms with Crippen LogP contribution < -0.4 is 9.64 Å². The predicted octanol–water partition coefficient (Wildman–Crippen LogP) is 0.142. The maximum absolute atomic E-state index is 12.1. The Balaban J connectivity index is 2.20. The third kappa shape index (κ3) is 2.48. The van der Waals surface area contributed by atoms with E-state index in [4.69, 9.17) is 9.47 Å². The van der Waals surface area contributed by atoms with Gasteiger partial charge in [-0.2, -0.15) is 0 Å². The SMILES string of the molecule is CCOc1nnc(N2C(=O)N(C)C(COC)C2O)s1. The number of anilines is 1. The highest BCUT2D eigenvalue weighted by atomic mass is 32.1. The number of carbonyl (C=O) groups excluding carboxylic acids is 1. The van der Waals surface area contributed by atoms with Crippen molar-refractivity contribution in [2.75, 3.05) is 32.3 Å². The Kier molecular flexibility index (Phi) is 4.17. The standard InChI is InChI=1S/C10H16N4O4S/c1-4-18-9-12-11-8(19-9)14-7(15)6(5-17-3)13(2)10(14)16/h6-7,15H,4-5H2,1-3H3. The molecule has 1 aliphatic heterocycles. The van der Waals surface area contributed by atoms with E-state index in [0.29, 0.717) is 16.9 Å². The number of ether oxygens (including phenoxy) is 2. The second kappa shape index (κ2) is 5.68. The number of hydrogen-bond acceptors (Lipinski definition) is 7. The number of amides is 2. The summed E-state index contributed by atoms with van der Waals surface area (Å²) in [4.78, 5) is 14.7. The predicted molar refractivity (Wildman–Crippen MR) is 68.4 cm³/mol. The van der Waals surface area contributed by atoms with E-state index in [0.717, 1.165) is 11.3 Å². The molecule has 1 aromatic rings. The molecular formula is C10H16N4O4S. The van der Waals surface area contributed by atoms with Crippen LogP contribution in [-0.4, -0.2) is 65.9 Å². The van der Waals surface area contributed by atoms with Crippen LogP contribution in [0.25, 0.3) is 0 Å². The summed E-state index contributed by atoms with van der Waals surface area (Å²) in [5.74, 6) is 0. The maximum atomic E-state index is 12.1. The Morgan fingerprint density at radius 3 is 2.84 bits per heavy atom. The molecule has 2 unspecified atom stereocenters. The number of aliphatic hydroxyl groups is 1. The molecule has 106 valence electrons. The molecule has 0 aliphatic carbocycles. The zero-order valence-corrected chi connectivity index (χ0v) is 11.8. The summed E-state index contributed by atoms with van der Waals surface area (Å²) in [5.41, 5.74) is 0. The molecule has 8 nitrogen and oxygen atoms in total. The van der Waals surface area contributed by atoms with E-state index in [1.165, 1.54) is 16.9 Å². The Bertz CT molecular complexity index is 454. The Morgan fingerprint density at radius 1 is 1.47 bits per heavy atom. The zero-order valence-electron chi connectivity index (χ0n) is 10.9. The zero-order chi connectivity index (χ0) is 14.0. The molecule has 2 atom stereocenters. The van der Waals surface area contributed by atoms with E-state index in [-0.39, 0.29) is 12.6 Å². The lowest BCUT2D eigenvalue weighted by atomic mass is 10.3. The van der Waals surface area contributed by atoms with Crippen molar-refractivity contribution in [3.63, 3.8) is 0 Å². The third-order valence-electron chi connectivity index (χ3n) is 2.82. The van der Waals surface area contributed by atoms with E-state index in [1.807, 2.05) is 6.92 Å². The molecule has 1 N–H and O–H groups in total. The number of carbonyl (C=O) groups is 1. The van der Waals surface area contributed by atoms with Crippen molar-refractivity contribution < 1.29 is 19.4 Å². The topological polar surface area (TPSA) is 88.0 Å². The van der Waals surface area contributed by atoms with Crippen molar-refractivity contribution in [1.29, 1.82) is 0 Å². The van der Waals surface area contributed by atoms with Gasteiger partial charge in [-0.15, -0.1) is 5.10 Å². The van der Waals surface area contributed by atoms with Crippen LogP contribution in [0.15, 0.2) is 0 Å². The van der Waals surface area contributed by atoms with Gasteiger partial charge in [-0.25, -0.2) is 9.69 Å². The number of urea groups is 1. The van der Waals surface area contributed by atoms with Crippen LogP contribution in [0.4, 0.5) is 9.93 Å². The molecule has 0 spiro atoms. The van der Waals surface area contributed by atoms with Gasteiger partial charge < -0.3 is 19.5 Å². The molecule has 0 saturated carbocycles. The van der Waals surface area contributed by atoms with Gasteiger partial charge in [0, 0.05) is 14.2 Å².